The molecule has 3 rings (SSSR count). The molecule has 2 aromatic carbocycles. The number of piperidine rings is 1. The lowest BCUT2D eigenvalue weighted by molar-refractivity contribution is -0.145. The van der Waals surface area contributed by atoms with E-state index >= 15 is 0 Å². The molecular formula is C27H31N3O7. The predicted octanol–water partition coefficient (Wildman–Crippen LogP) is 3.30. The molecule has 0 bridgehead atoms. The monoisotopic (exact) mass is 509 g/mol. The molecule has 196 valence electrons. The molecule has 2 amide bonds. The number of carbonyl (C=O) groups is 3. The zero-order valence-corrected chi connectivity index (χ0v) is 20.8. The molecule has 0 saturated carbocycles. The normalized spacial score (nSPS) is 13.3. The van der Waals surface area contributed by atoms with Gasteiger partial charge in [0.15, 0.2) is 6.61 Å². The van der Waals surface area contributed by atoms with E-state index in [-0.39, 0.29) is 31.6 Å². The van der Waals surface area contributed by atoms with Crippen LogP contribution in [-0.4, -0.2) is 66.8 Å². The maximum absolute atomic E-state index is 13.0. The van der Waals surface area contributed by atoms with E-state index < -0.39 is 12.1 Å². The first kappa shape index (κ1) is 27.4. The lowest BCUT2D eigenvalue weighted by atomic mass is 9.96. The Kier molecular flexibility index (Phi) is 10.7. The molecule has 10 nitrogen and oxygen atoms in total. The minimum atomic E-state index is -0.442. The van der Waals surface area contributed by atoms with Crippen LogP contribution in [0.4, 0.5) is 4.79 Å². The van der Waals surface area contributed by atoms with Gasteiger partial charge >= 0.3 is 12.1 Å². The Morgan fingerprint density at radius 1 is 1.00 bits per heavy atom. The van der Waals surface area contributed by atoms with Crippen molar-refractivity contribution in [3.8, 4) is 5.75 Å². The number of ether oxygens (including phenoxy) is 3. The van der Waals surface area contributed by atoms with Crippen molar-refractivity contribution < 1.29 is 33.4 Å². The molecule has 2 aromatic rings. The van der Waals surface area contributed by atoms with Gasteiger partial charge in [0, 0.05) is 25.6 Å². The summed E-state index contributed by atoms with van der Waals surface area (Å²) < 4.78 is 15.6. The van der Waals surface area contributed by atoms with Gasteiger partial charge in [-0.25, -0.2) is 19.4 Å². The molecule has 0 unspecified atom stereocenters. The first-order valence-electron chi connectivity index (χ1n) is 12.2. The molecule has 1 heterocycles. The molecule has 0 N–H and O–H groups in total. The molecule has 37 heavy (non-hydrogen) atoms. The van der Waals surface area contributed by atoms with Gasteiger partial charge in [-0.1, -0.05) is 47.6 Å². The summed E-state index contributed by atoms with van der Waals surface area (Å²) in [5, 5.41) is 4.76. The number of hydrogen-bond donors (Lipinski definition) is 0. The quantitative estimate of drug-likeness (QED) is 0.198. The largest absolute Gasteiger partial charge is 0.482 e. The number of hydrogen-bond acceptors (Lipinski definition) is 8. The van der Waals surface area contributed by atoms with Crippen LogP contribution in [0.5, 0.6) is 5.75 Å². The molecule has 0 spiro atoms. The Labute approximate surface area is 215 Å². The van der Waals surface area contributed by atoms with Gasteiger partial charge in [0.25, 0.3) is 6.08 Å². The summed E-state index contributed by atoms with van der Waals surface area (Å²) in [5.41, 5.74) is 1.81. The lowest BCUT2D eigenvalue weighted by Crippen LogP contribution is -2.43. The molecule has 0 aromatic heterocycles. The maximum atomic E-state index is 13.0. The molecule has 1 fully saturated rings. The highest BCUT2D eigenvalue weighted by atomic mass is 16.6. The fourth-order valence-electron chi connectivity index (χ4n) is 3.92. The summed E-state index contributed by atoms with van der Waals surface area (Å²) in [5.74, 6) is -0.545. The maximum Gasteiger partial charge on any atom is 0.410 e. The molecule has 0 radical (unpaired) electrons. The van der Waals surface area contributed by atoms with Crippen molar-refractivity contribution in [3.05, 3.63) is 65.7 Å². The Hall–Kier alpha value is -4.17. The summed E-state index contributed by atoms with van der Waals surface area (Å²) in [7, 11) is 0. The molecule has 1 saturated heterocycles. The van der Waals surface area contributed by atoms with Crippen LogP contribution < -0.4 is 4.74 Å². The van der Waals surface area contributed by atoms with Gasteiger partial charge in [0.2, 0.25) is 5.91 Å². The Morgan fingerprint density at radius 2 is 1.70 bits per heavy atom. The van der Waals surface area contributed by atoms with E-state index in [2.05, 4.69) is 5.10 Å². The fourth-order valence-corrected chi connectivity index (χ4v) is 3.92. The van der Waals surface area contributed by atoms with Crippen molar-refractivity contribution in [2.24, 2.45) is 11.0 Å². The number of isocyanates is 1. The molecular weight excluding hydrogens is 478 g/mol. The van der Waals surface area contributed by atoms with Crippen molar-refractivity contribution >= 4 is 24.0 Å². The smallest absolute Gasteiger partial charge is 0.410 e. The van der Waals surface area contributed by atoms with Gasteiger partial charge in [-0.15, -0.1) is 0 Å². The van der Waals surface area contributed by atoms with Gasteiger partial charge in [-0.05, 0) is 49.4 Å². The van der Waals surface area contributed by atoms with E-state index in [0.717, 1.165) is 16.1 Å². The number of esters is 1. The molecule has 1 aliphatic rings. The summed E-state index contributed by atoms with van der Waals surface area (Å²) in [6.07, 6.45) is 2.42. The minimum absolute atomic E-state index is 0.174. The summed E-state index contributed by atoms with van der Waals surface area (Å²) >= 11 is 0. The number of hydrazone groups is 1. The van der Waals surface area contributed by atoms with Crippen molar-refractivity contribution in [1.82, 2.24) is 9.91 Å². The van der Waals surface area contributed by atoms with Crippen LogP contribution in [-0.2, 0) is 36.9 Å². The van der Waals surface area contributed by atoms with Crippen molar-refractivity contribution in [3.63, 3.8) is 0 Å². The first-order chi connectivity index (χ1) is 18.0. The molecule has 1 aliphatic heterocycles. The fraction of sp³-hybridized carbons (Fsp3) is 0.407. The van der Waals surface area contributed by atoms with Gasteiger partial charge < -0.3 is 19.1 Å². The average molecular weight is 510 g/mol. The zero-order valence-electron chi connectivity index (χ0n) is 20.8. The van der Waals surface area contributed by atoms with Crippen molar-refractivity contribution in [1.29, 1.82) is 0 Å². The number of benzene rings is 2. The zero-order chi connectivity index (χ0) is 26.5. The second kappa shape index (κ2) is 14.4. The van der Waals surface area contributed by atoms with Crippen molar-refractivity contribution in [2.75, 3.05) is 32.8 Å². The first-order valence-corrected chi connectivity index (χ1v) is 12.2. The Balaban J connectivity index is 1.44. The third kappa shape index (κ3) is 8.77. The number of likely N-dealkylation sites (tertiary alicyclic amines) is 1. The van der Waals surface area contributed by atoms with E-state index in [1.807, 2.05) is 42.5 Å². The van der Waals surface area contributed by atoms with E-state index in [0.29, 0.717) is 44.7 Å². The molecule has 0 atom stereocenters. The van der Waals surface area contributed by atoms with Gasteiger partial charge in [0.1, 0.15) is 12.4 Å². The average Bonchev–Trinajstić information content (AvgIpc) is 2.94. The van der Waals surface area contributed by atoms with Gasteiger partial charge in [-0.3, -0.25) is 4.79 Å². The van der Waals surface area contributed by atoms with E-state index in [9.17, 15) is 19.2 Å². The predicted molar refractivity (Wildman–Crippen MR) is 133 cm³/mol. The van der Waals surface area contributed by atoms with Crippen LogP contribution in [0.2, 0.25) is 0 Å². The van der Waals surface area contributed by atoms with E-state index in [1.54, 1.807) is 24.0 Å². The third-order valence-electron chi connectivity index (χ3n) is 5.92. The number of carbonyl (C=O) groups excluding carboxylic acids is 4. The van der Waals surface area contributed by atoms with Crippen LogP contribution in [0.1, 0.15) is 30.9 Å². The SMILES string of the molecule is CCOC(=O)COc1ccc(CCN(N=C=O)C(=O)C2CCN(C(=O)OCc3ccccc3)CC2)cc1. The highest BCUT2D eigenvalue weighted by Gasteiger charge is 2.31. The summed E-state index contributed by atoms with van der Waals surface area (Å²) in [6.45, 7) is 3.01. The van der Waals surface area contributed by atoms with Gasteiger partial charge in [0.05, 0.1) is 6.61 Å². The van der Waals surface area contributed by atoms with Crippen LogP contribution in [0.15, 0.2) is 59.7 Å². The Bertz CT molecular complexity index is 1080. The number of amides is 2. The summed E-state index contributed by atoms with van der Waals surface area (Å²) in [6, 6.07) is 16.5. The number of rotatable bonds is 11. The van der Waals surface area contributed by atoms with Crippen LogP contribution in [0.25, 0.3) is 0 Å². The Morgan fingerprint density at radius 3 is 2.35 bits per heavy atom. The second-order valence-electron chi connectivity index (χ2n) is 8.44. The highest BCUT2D eigenvalue weighted by molar-refractivity contribution is 5.79. The van der Waals surface area contributed by atoms with E-state index in [1.165, 1.54) is 6.08 Å². The molecule has 10 heteroatoms. The topological polar surface area (TPSA) is 115 Å². The standard InChI is InChI=1S/C27H31N3O7/c1-2-35-25(32)19-36-24-10-8-21(9-11-24)12-17-30(28-20-31)26(33)23-13-15-29(16-14-23)27(34)37-18-22-6-4-3-5-7-22/h3-11,23H,2,12-19H2,1H3. The molecule has 0 aliphatic carbocycles. The van der Waals surface area contributed by atoms with Crippen LogP contribution in [0, 0.1) is 5.92 Å². The van der Waals surface area contributed by atoms with Gasteiger partial charge in [-0.2, -0.15) is 0 Å². The van der Waals surface area contributed by atoms with Crippen LogP contribution >= 0.6 is 0 Å². The van der Waals surface area contributed by atoms with E-state index in [4.69, 9.17) is 14.2 Å². The van der Waals surface area contributed by atoms with Crippen molar-refractivity contribution in [2.45, 2.75) is 32.8 Å². The number of nitrogens with zero attached hydrogens (tertiary/aromatic N) is 3. The van der Waals surface area contributed by atoms with Crippen LogP contribution in [0.3, 0.4) is 0 Å². The third-order valence-corrected chi connectivity index (χ3v) is 5.92. The highest BCUT2D eigenvalue weighted by Crippen LogP contribution is 2.21. The lowest BCUT2D eigenvalue weighted by Gasteiger charge is -2.32. The summed E-state index contributed by atoms with van der Waals surface area (Å²) in [4.78, 5) is 49.3. The second-order valence-corrected chi connectivity index (χ2v) is 8.44. The minimum Gasteiger partial charge on any atom is -0.482 e.